The van der Waals surface area contributed by atoms with E-state index in [9.17, 15) is 4.79 Å². The van der Waals surface area contributed by atoms with Crippen molar-refractivity contribution < 1.29 is 9.53 Å². The van der Waals surface area contributed by atoms with Crippen LogP contribution in [0.5, 0.6) is 0 Å². The molecule has 2 aliphatic heterocycles. The number of nitrogens with zero attached hydrogens (tertiary/aromatic N) is 4. The van der Waals surface area contributed by atoms with Crippen molar-refractivity contribution in [1.82, 2.24) is 15.0 Å². The van der Waals surface area contributed by atoms with E-state index in [1.54, 1.807) is 19.4 Å². The number of nitrogens with one attached hydrogen (secondary N) is 2. The number of carbonyl (C=O) groups is 1. The van der Waals surface area contributed by atoms with Crippen LogP contribution < -0.4 is 15.5 Å². The van der Waals surface area contributed by atoms with Gasteiger partial charge in [0, 0.05) is 37.6 Å². The minimum absolute atomic E-state index is 0.0199. The van der Waals surface area contributed by atoms with Crippen molar-refractivity contribution in [2.24, 2.45) is 0 Å². The summed E-state index contributed by atoms with van der Waals surface area (Å²) >= 11 is 6.03. The van der Waals surface area contributed by atoms with Crippen molar-refractivity contribution >= 4 is 41.4 Å². The van der Waals surface area contributed by atoms with Crippen molar-refractivity contribution in [3.05, 3.63) is 40.2 Å². The van der Waals surface area contributed by atoms with Gasteiger partial charge in [-0.1, -0.05) is 11.6 Å². The summed E-state index contributed by atoms with van der Waals surface area (Å²) in [6.07, 6.45) is 4.93. The second-order valence-electron chi connectivity index (χ2n) is 6.19. The molecule has 2 aromatic heterocycles. The molecule has 4 rings (SSSR count). The number of halogens is 1. The number of fused-ring (bicyclic) bond motifs is 2. The Kier molecular flexibility index (Phi) is 4.12. The number of carbonyl (C=O) groups excluding carboxylic acids is 1. The highest BCUT2D eigenvalue weighted by molar-refractivity contribution is 6.30. The van der Waals surface area contributed by atoms with E-state index in [0.29, 0.717) is 23.3 Å². The van der Waals surface area contributed by atoms with E-state index in [0.717, 1.165) is 22.5 Å². The molecule has 26 heavy (non-hydrogen) atoms. The monoisotopic (exact) mass is 372 g/mol. The average molecular weight is 373 g/mol. The molecular weight excluding hydrogens is 356 g/mol. The summed E-state index contributed by atoms with van der Waals surface area (Å²) < 4.78 is 5.03. The Bertz CT molecular complexity index is 916. The van der Waals surface area contributed by atoms with Gasteiger partial charge in [0.25, 0.3) is 0 Å². The van der Waals surface area contributed by atoms with Gasteiger partial charge in [0.15, 0.2) is 0 Å². The number of pyridine rings is 1. The molecule has 0 aromatic carbocycles. The van der Waals surface area contributed by atoms with Crippen molar-refractivity contribution in [2.45, 2.75) is 19.6 Å². The van der Waals surface area contributed by atoms with Gasteiger partial charge in [-0.05, 0) is 24.6 Å². The zero-order valence-corrected chi connectivity index (χ0v) is 15.0. The lowest BCUT2D eigenvalue weighted by Crippen LogP contribution is -2.33. The van der Waals surface area contributed by atoms with Crippen LogP contribution >= 0.6 is 11.6 Å². The number of hydrogen-bond donors (Lipinski definition) is 2. The summed E-state index contributed by atoms with van der Waals surface area (Å²) in [5.74, 6) is 1.83. The molecule has 8 nitrogen and oxygen atoms in total. The Balaban J connectivity index is 1.56. The molecule has 1 amide bonds. The van der Waals surface area contributed by atoms with Crippen molar-refractivity contribution in [2.75, 3.05) is 29.1 Å². The van der Waals surface area contributed by atoms with E-state index >= 15 is 0 Å². The molecule has 0 aliphatic carbocycles. The van der Waals surface area contributed by atoms with Gasteiger partial charge in [-0.3, -0.25) is 4.90 Å². The van der Waals surface area contributed by atoms with Gasteiger partial charge in [0.1, 0.15) is 18.2 Å². The molecule has 0 spiro atoms. The van der Waals surface area contributed by atoms with Gasteiger partial charge in [0.05, 0.1) is 10.6 Å². The van der Waals surface area contributed by atoms with Crippen LogP contribution in [0.2, 0.25) is 5.02 Å². The first-order valence-electron chi connectivity index (χ1n) is 8.14. The van der Waals surface area contributed by atoms with Crippen LogP contribution in [0.4, 0.5) is 22.4 Å². The van der Waals surface area contributed by atoms with Gasteiger partial charge in [-0.25, -0.2) is 14.8 Å². The van der Waals surface area contributed by atoms with E-state index in [1.807, 2.05) is 13.0 Å². The molecule has 0 saturated heterocycles. The van der Waals surface area contributed by atoms with Crippen LogP contribution in [0, 0.1) is 0 Å². The first kappa shape index (κ1) is 16.6. The maximum Gasteiger partial charge on any atom is 0.415 e. The molecular formula is C17H17ClN6O2. The highest BCUT2D eigenvalue weighted by atomic mass is 35.5. The number of ether oxygens (including phenoxy) is 1. The molecule has 2 aliphatic rings. The summed E-state index contributed by atoms with van der Waals surface area (Å²) in [4.78, 5) is 26.1. The highest BCUT2D eigenvalue weighted by Crippen LogP contribution is 2.27. The summed E-state index contributed by atoms with van der Waals surface area (Å²) in [5.41, 5.74) is 2.84. The van der Waals surface area contributed by atoms with Gasteiger partial charge in [-0.15, -0.1) is 0 Å². The first-order chi connectivity index (χ1) is 12.5. The summed E-state index contributed by atoms with van der Waals surface area (Å²) in [7, 11) is 1.63. The van der Waals surface area contributed by atoms with Crippen LogP contribution in [-0.4, -0.2) is 40.7 Å². The predicted octanol–water partition coefficient (Wildman–Crippen LogP) is 2.92. The number of anilines is 3. The number of amides is 1. The van der Waals surface area contributed by atoms with Crippen LogP contribution in [0.3, 0.4) is 0 Å². The fourth-order valence-electron chi connectivity index (χ4n) is 2.90. The van der Waals surface area contributed by atoms with Crippen LogP contribution in [0.15, 0.2) is 24.0 Å². The molecule has 1 atom stereocenters. The standard InChI is InChI=1S/C17H17ClN6O2/c1-9(11-3-10-4-13(18)7-20-14(10)19-5-11)22-16-21-6-12-8-26-17(25)24(2)15(12)23-16/h3-4,6-7,9H,5,8H2,1-2H3,(H,19,20)(H,21,22,23)/t9-/m0/s1. The Morgan fingerprint density at radius 3 is 3.08 bits per heavy atom. The SMILES string of the molecule is C[C@H](Nc1ncc2c(n1)N(C)C(=O)OC2)C1=Cc2cc(Cl)cnc2NC1. The quantitative estimate of drug-likeness (QED) is 0.855. The van der Waals surface area contributed by atoms with Gasteiger partial charge in [-0.2, -0.15) is 4.98 Å². The Labute approximate surface area is 155 Å². The number of rotatable bonds is 3. The molecule has 2 N–H and O–H groups in total. The van der Waals surface area contributed by atoms with Crippen LogP contribution in [0.25, 0.3) is 6.08 Å². The van der Waals surface area contributed by atoms with Gasteiger partial charge in [0.2, 0.25) is 5.95 Å². The van der Waals surface area contributed by atoms with Crippen molar-refractivity contribution in [3.63, 3.8) is 0 Å². The largest absolute Gasteiger partial charge is 0.444 e. The fourth-order valence-corrected chi connectivity index (χ4v) is 3.06. The third kappa shape index (κ3) is 3.03. The first-order valence-corrected chi connectivity index (χ1v) is 8.52. The molecule has 0 bridgehead atoms. The Hall–Kier alpha value is -2.87. The molecule has 0 unspecified atom stereocenters. The van der Waals surface area contributed by atoms with E-state index in [2.05, 4.69) is 31.7 Å². The lowest BCUT2D eigenvalue weighted by atomic mass is 10.0. The fraction of sp³-hybridized carbons (Fsp3) is 0.294. The van der Waals surface area contributed by atoms with E-state index < -0.39 is 6.09 Å². The smallest absolute Gasteiger partial charge is 0.415 e. The maximum absolute atomic E-state index is 11.7. The zero-order valence-electron chi connectivity index (χ0n) is 14.3. The average Bonchev–Trinajstić information content (AvgIpc) is 2.64. The minimum atomic E-state index is -0.421. The van der Waals surface area contributed by atoms with Crippen LogP contribution in [0.1, 0.15) is 18.1 Å². The summed E-state index contributed by atoms with van der Waals surface area (Å²) in [6, 6.07) is 1.85. The maximum atomic E-state index is 11.7. The number of cyclic esters (lactones) is 1. The summed E-state index contributed by atoms with van der Waals surface area (Å²) in [6.45, 7) is 2.87. The predicted molar refractivity (Wildman–Crippen MR) is 99.4 cm³/mol. The minimum Gasteiger partial charge on any atom is -0.444 e. The third-order valence-electron chi connectivity index (χ3n) is 4.37. The molecule has 2 aromatic rings. The van der Waals surface area contributed by atoms with E-state index in [4.69, 9.17) is 16.3 Å². The molecule has 0 saturated carbocycles. The van der Waals surface area contributed by atoms with E-state index in [1.165, 1.54) is 4.90 Å². The summed E-state index contributed by atoms with van der Waals surface area (Å²) in [5, 5.41) is 7.16. The lowest BCUT2D eigenvalue weighted by molar-refractivity contribution is 0.143. The molecule has 0 fully saturated rings. The molecule has 9 heteroatoms. The molecule has 134 valence electrons. The second kappa shape index (κ2) is 6.45. The number of hydrogen-bond acceptors (Lipinski definition) is 7. The zero-order chi connectivity index (χ0) is 18.3. The van der Waals surface area contributed by atoms with Crippen molar-refractivity contribution in [1.29, 1.82) is 0 Å². The van der Waals surface area contributed by atoms with Gasteiger partial charge >= 0.3 is 6.09 Å². The Morgan fingerprint density at radius 2 is 2.23 bits per heavy atom. The number of aromatic nitrogens is 3. The van der Waals surface area contributed by atoms with Gasteiger partial charge < -0.3 is 15.4 Å². The highest BCUT2D eigenvalue weighted by Gasteiger charge is 2.25. The normalized spacial score (nSPS) is 16.7. The topological polar surface area (TPSA) is 92.3 Å². The lowest BCUT2D eigenvalue weighted by Gasteiger charge is -2.26. The second-order valence-corrected chi connectivity index (χ2v) is 6.62. The van der Waals surface area contributed by atoms with Crippen molar-refractivity contribution in [3.8, 4) is 0 Å². The van der Waals surface area contributed by atoms with Crippen LogP contribution in [-0.2, 0) is 11.3 Å². The molecule has 4 heterocycles. The van der Waals surface area contributed by atoms with E-state index in [-0.39, 0.29) is 12.6 Å². The third-order valence-corrected chi connectivity index (χ3v) is 4.58. The molecule has 0 radical (unpaired) electrons. The Morgan fingerprint density at radius 1 is 1.38 bits per heavy atom.